The molecule has 0 spiro atoms. The molecule has 4 nitrogen and oxygen atoms in total. The predicted molar refractivity (Wildman–Crippen MR) is 59.8 cm³/mol. The van der Waals surface area contributed by atoms with Gasteiger partial charge in [0.2, 0.25) is 5.91 Å². The van der Waals surface area contributed by atoms with Crippen LogP contribution >= 0.6 is 0 Å². The molecule has 1 N–H and O–H groups in total. The second-order valence-corrected chi connectivity index (χ2v) is 3.50. The number of carbonyl (C=O) groups is 2. The Labute approximate surface area is 92.9 Å². The summed E-state index contributed by atoms with van der Waals surface area (Å²) in [4.78, 5) is 22.0. The average molecular weight is 217 g/mol. The summed E-state index contributed by atoms with van der Waals surface area (Å²) in [5.41, 5.74) is 2.68. The van der Waals surface area contributed by atoms with Gasteiger partial charge in [-0.2, -0.15) is 0 Å². The Morgan fingerprint density at radius 1 is 1.50 bits per heavy atom. The van der Waals surface area contributed by atoms with Gasteiger partial charge < -0.3 is 10.1 Å². The first-order chi connectivity index (χ1) is 7.69. The molecule has 1 aliphatic rings. The van der Waals surface area contributed by atoms with E-state index in [0.717, 1.165) is 16.8 Å². The van der Waals surface area contributed by atoms with Gasteiger partial charge in [0, 0.05) is 11.8 Å². The summed E-state index contributed by atoms with van der Waals surface area (Å²) in [6.07, 6.45) is 3.41. The maximum Gasteiger partial charge on any atom is 0.330 e. The van der Waals surface area contributed by atoms with Gasteiger partial charge in [0.15, 0.2) is 0 Å². The number of nitrogens with one attached hydrogen (secondary N) is 1. The average Bonchev–Trinajstić information content (AvgIpc) is 2.65. The summed E-state index contributed by atoms with van der Waals surface area (Å²) in [7, 11) is 1.33. The fourth-order valence-corrected chi connectivity index (χ4v) is 1.59. The number of ether oxygens (including phenoxy) is 1. The molecular weight excluding hydrogens is 206 g/mol. The van der Waals surface area contributed by atoms with Gasteiger partial charge in [-0.1, -0.05) is 6.07 Å². The molecule has 82 valence electrons. The number of esters is 1. The van der Waals surface area contributed by atoms with Crippen molar-refractivity contribution in [3.8, 4) is 0 Å². The van der Waals surface area contributed by atoms with E-state index in [9.17, 15) is 9.59 Å². The first-order valence-corrected chi connectivity index (χ1v) is 4.88. The Hall–Kier alpha value is -2.10. The zero-order valence-electron chi connectivity index (χ0n) is 8.82. The molecule has 0 aliphatic carbocycles. The molecule has 1 amide bonds. The largest absolute Gasteiger partial charge is 0.466 e. The lowest BCUT2D eigenvalue weighted by Gasteiger charge is -1.99. The maximum absolute atomic E-state index is 11.1. The molecule has 0 saturated heterocycles. The highest BCUT2D eigenvalue weighted by Crippen LogP contribution is 2.24. The Balaban J connectivity index is 2.20. The summed E-state index contributed by atoms with van der Waals surface area (Å²) >= 11 is 0. The summed E-state index contributed by atoms with van der Waals surface area (Å²) in [6, 6.07) is 5.55. The number of rotatable bonds is 2. The van der Waals surface area contributed by atoms with Crippen LogP contribution in [0.3, 0.4) is 0 Å². The van der Waals surface area contributed by atoms with Gasteiger partial charge in [0.05, 0.1) is 13.5 Å². The van der Waals surface area contributed by atoms with E-state index in [0.29, 0.717) is 6.42 Å². The van der Waals surface area contributed by atoms with E-state index < -0.39 is 5.97 Å². The zero-order chi connectivity index (χ0) is 11.5. The lowest BCUT2D eigenvalue weighted by Crippen LogP contribution is -2.03. The van der Waals surface area contributed by atoms with Gasteiger partial charge in [-0.25, -0.2) is 4.79 Å². The van der Waals surface area contributed by atoms with E-state index in [1.165, 1.54) is 13.2 Å². The molecular formula is C12H11NO3. The van der Waals surface area contributed by atoms with Crippen LogP contribution in [0, 0.1) is 0 Å². The smallest absolute Gasteiger partial charge is 0.330 e. The molecule has 0 aromatic heterocycles. The highest BCUT2D eigenvalue weighted by atomic mass is 16.5. The predicted octanol–water partition coefficient (Wildman–Crippen LogP) is 1.37. The molecule has 16 heavy (non-hydrogen) atoms. The normalized spacial score (nSPS) is 13.7. The SMILES string of the molecule is COC(=O)/C=C/c1ccc2c(c1)CC(=O)N2. The van der Waals surface area contributed by atoms with Gasteiger partial charge >= 0.3 is 5.97 Å². The Bertz CT molecular complexity index is 477. The number of hydrogen-bond donors (Lipinski definition) is 1. The third-order valence-corrected chi connectivity index (χ3v) is 2.37. The van der Waals surface area contributed by atoms with Crippen molar-refractivity contribution in [2.75, 3.05) is 12.4 Å². The molecule has 4 heteroatoms. The lowest BCUT2D eigenvalue weighted by molar-refractivity contribution is -0.134. The van der Waals surface area contributed by atoms with Crippen molar-refractivity contribution in [2.24, 2.45) is 0 Å². The Kier molecular flexibility index (Phi) is 2.72. The molecule has 2 rings (SSSR count). The first kappa shape index (κ1) is 10.4. The second-order valence-electron chi connectivity index (χ2n) is 3.50. The van der Waals surface area contributed by atoms with Crippen molar-refractivity contribution in [1.82, 2.24) is 0 Å². The van der Waals surface area contributed by atoms with E-state index in [-0.39, 0.29) is 5.91 Å². The topological polar surface area (TPSA) is 55.4 Å². The minimum Gasteiger partial charge on any atom is -0.466 e. The van der Waals surface area contributed by atoms with Crippen LogP contribution in [-0.4, -0.2) is 19.0 Å². The lowest BCUT2D eigenvalue weighted by atomic mass is 10.1. The number of hydrogen-bond acceptors (Lipinski definition) is 3. The van der Waals surface area contributed by atoms with Gasteiger partial charge in [-0.05, 0) is 29.3 Å². The third kappa shape index (κ3) is 2.11. The van der Waals surface area contributed by atoms with Gasteiger partial charge in [-0.3, -0.25) is 4.79 Å². The molecule has 0 radical (unpaired) electrons. The molecule has 1 aliphatic heterocycles. The number of anilines is 1. The van der Waals surface area contributed by atoms with Crippen LogP contribution in [0.1, 0.15) is 11.1 Å². The van der Waals surface area contributed by atoms with Crippen molar-refractivity contribution < 1.29 is 14.3 Å². The van der Waals surface area contributed by atoms with Crippen molar-refractivity contribution in [2.45, 2.75) is 6.42 Å². The molecule has 1 aromatic rings. The van der Waals surface area contributed by atoms with E-state index in [1.807, 2.05) is 18.2 Å². The van der Waals surface area contributed by atoms with E-state index >= 15 is 0 Å². The molecule has 1 aromatic carbocycles. The molecule has 1 heterocycles. The van der Waals surface area contributed by atoms with Gasteiger partial charge in [0.25, 0.3) is 0 Å². The molecule has 0 fully saturated rings. The van der Waals surface area contributed by atoms with Crippen molar-refractivity contribution in [3.05, 3.63) is 35.4 Å². The highest BCUT2D eigenvalue weighted by molar-refractivity contribution is 5.99. The van der Waals surface area contributed by atoms with Crippen LogP contribution in [0.2, 0.25) is 0 Å². The van der Waals surface area contributed by atoms with Gasteiger partial charge in [0.1, 0.15) is 0 Å². The molecule has 0 atom stereocenters. The number of fused-ring (bicyclic) bond motifs is 1. The first-order valence-electron chi connectivity index (χ1n) is 4.88. The molecule has 0 bridgehead atoms. The number of methoxy groups -OCH3 is 1. The minimum absolute atomic E-state index is 0.00379. The molecule has 0 saturated carbocycles. The quantitative estimate of drug-likeness (QED) is 0.601. The fourth-order valence-electron chi connectivity index (χ4n) is 1.59. The highest BCUT2D eigenvalue weighted by Gasteiger charge is 2.16. The van der Waals surface area contributed by atoms with Crippen LogP contribution in [-0.2, 0) is 20.7 Å². The summed E-state index contributed by atoms with van der Waals surface area (Å²) in [5, 5.41) is 2.75. The van der Waals surface area contributed by atoms with Crippen molar-refractivity contribution in [1.29, 1.82) is 0 Å². The van der Waals surface area contributed by atoms with Crippen LogP contribution in [0.4, 0.5) is 5.69 Å². The second kappa shape index (κ2) is 4.18. The van der Waals surface area contributed by atoms with E-state index in [2.05, 4.69) is 10.1 Å². The van der Waals surface area contributed by atoms with Gasteiger partial charge in [-0.15, -0.1) is 0 Å². The van der Waals surface area contributed by atoms with Crippen molar-refractivity contribution >= 4 is 23.6 Å². The maximum atomic E-state index is 11.1. The van der Waals surface area contributed by atoms with E-state index in [4.69, 9.17) is 0 Å². The monoisotopic (exact) mass is 217 g/mol. The zero-order valence-corrected chi connectivity index (χ0v) is 8.82. The third-order valence-electron chi connectivity index (χ3n) is 2.37. The summed E-state index contributed by atoms with van der Waals surface area (Å²) in [6.45, 7) is 0. The van der Waals surface area contributed by atoms with Crippen LogP contribution < -0.4 is 5.32 Å². The number of amides is 1. The standard InChI is InChI=1S/C12H11NO3/c1-16-12(15)5-3-8-2-4-10-9(6-8)7-11(14)13-10/h2-6H,7H2,1H3,(H,13,14)/b5-3+. The summed E-state index contributed by atoms with van der Waals surface area (Å²) < 4.78 is 4.49. The van der Waals surface area contributed by atoms with Crippen molar-refractivity contribution in [3.63, 3.8) is 0 Å². The molecule has 0 unspecified atom stereocenters. The Morgan fingerprint density at radius 3 is 3.06 bits per heavy atom. The Morgan fingerprint density at radius 2 is 2.31 bits per heavy atom. The van der Waals surface area contributed by atoms with E-state index in [1.54, 1.807) is 6.08 Å². The number of benzene rings is 1. The fraction of sp³-hybridized carbons (Fsp3) is 0.167. The number of carbonyl (C=O) groups excluding carboxylic acids is 2. The summed E-state index contributed by atoms with van der Waals surface area (Å²) in [5.74, 6) is -0.390. The van der Waals surface area contributed by atoms with Crippen LogP contribution in [0.5, 0.6) is 0 Å². The van der Waals surface area contributed by atoms with Crippen LogP contribution in [0.15, 0.2) is 24.3 Å². The van der Waals surface area contributed by atoms with Crippen LogP contribution in [0.25, 0.3) is 6.08 Å². The minimum atomic E-state index is -0.394.